The van der Waals surface area contributed by atoms with Gasteiger partial charge in [0.2, 0.25) is 0 Å². The molecule has 0 atom stereocenters. The van der Waals surface area contributed by atoms with E-state index in [9.17, 15) is 8.78 Å². The van der Waals surface area contributed by atoms with Crippen molar-refractivity contribution in [3.8, 4) is 11.1 Å². The molecule has 1 aliphatic rings. The molecule has 0 N–H and O–H groups in total. The van der Waals surface area contributed by atoms with E-state index in [1.165, 1.54) is 40.4 Å². The van der Waals surface area contributed by atoms with Gasteiger partial charge in [-0.05, 0) is 44.7 Å². The lowest BCUT2D eigenvalue weighted by Crippen LogP contribution is -2.30. The molecule has 2 heterocycles. The fourth-order valence-corrected chi connectivity index (χ4v) is 3.99. The predicted molar refractivity (Wildman–Crippen MR) is 99.6 cm³/mol. The number of rotatable bonds is 6. The van der Waals surface area contributed by atoms with E-state index in [0.29, 0.717) is 0 Å². The number of nitrogens with zero attached hydrogens (tertiary/aromatic N) is 4. The van der Waals surface area contributed by atoms with E-state index in [1.807, 2.05) is 6.92 Å². The average Bonchev–Trinajstić information content (AvgIpc) is 3.29. The lowest BCUT2D eigenvalue weighted by Gasteiger charge is -2.28. The second-order valence-corrected chi connectivity index (χ2v) is 7.62. The Kier molecular flexibility index (Phi) is 5.52. The quantitative estimate of drug-likeness (QED) is 0.616. The van der Waals surface area contributed by atoms with Crippen molar-refractivity contribution in [3.05, 3.63) is 52.9 Å². The second kappa shape index (κ2) is 8.22. The summed E-state index contributed by atoms with van der Waals surface area (Å²) in [6.07, 6.45) is 4.87. The van der Waals surface area contributed by atoms with Crippen molar-refractivity contribution in [1.29, 1.82) is 0 Å². The van der Waals surface area contributed by atoms with Crippen molar-refractivity contribution in [2.75, 3.05) is 0 Å². The molecular weight excluding hydrogens is 386 g/mol. The van der Waals surface area contributed by atoms with E-state index >= 15 is 0 Å². The summed E-state index contributed by atoms with van der Waals surface area (Å²) < 4.78 is 41.3. The minimum atomic E-state index is -0.601. The summed E-state index contributed by atoms with van der Waals surface area (Å²) in [7, 11) is 0. The van der Waals surface area contributed by atoms with Gasteiger partial charge in [-0.15, -0.1) is 5.10 Å². The topological polar surface area (TPSA) is 62.1 Å². The van der Waals surface area contributed by atoms with Gasteiger partial charge >= 0.3 is 6.01 Å². The van der Waals surface area contributed by atoms with Crippen LogP contribution < -0.4 is 9.47 Å². The van der Waals surface area contributed by atoms with Gasteiger partial charge in [-0.25, -0.2) is 13.8 Å². The van der Waals surface area contributed by atoms with Gasteiger partial charge in [0.25, 0.3) is 0 Å². The van der Waals surface area contributed by atoms with Crippen LogP contribution in [0.3, 0.4) is 0 Å². The van der Waals surface area contributed by atoms with Crippen LogP contribution in [0.15, 0.2) is 30.0 Å². The number of benzene rings is 1. The van der Waals surface area contributed by atoms with Crippen molar-refractivity contribution in [3.63, 3.8) is 0 Å². The number of aryl methyl sites for hydroxylation is 1. The molecule has 0 amide bonds. The van der Waals surface area contributed by atoms with Crippen LogP contribution in [0.5, 0.6) is 11.1 Å². The van der Waals surface area contributed by atoms with Crippen LogP contribution in [0.1, 0.15) is 36.9 Å². The second-order valence-electron chi connectivity index (χ2n) is 6.80. The molecule has 1 fully saturated rings. The van der Waals surface area contributed by atoms with Crippen LogP contribution in [0, 0.1) is 18.6 Å². The number of halogens is 2. The Hall–Kier alpha value is -2.55. The highest BCUT2D eigenvalue weighted by Gasteiger charge is 2.26. The Balaban J connectivity index is 1.35. The zero-order chi connectivity index (χ0) is 19.5. The van der Waals surface area contributed by atoms with Gasteiger partial charge in [-0.1, -0.05) is 22.5 Å². The van der Waals surface area contributed by atoms with Crippen LogP contribution in [0.4, 0.5) is 8.78 Å². The molecule has 2 aromatic heterocycles. The van der Waals surface area contributed by atoms with Crippen LogP contribution in [-0.2, 0) is 6.54 Å². The Morgan fingerprint density at radius 2 is 1.79 bits per heavy atom. The third kappa shape index (κ3) is 4.14. The summed E-state index contributed by atoms with van der Waals surface area (Å²) in [6, 6.07) is 4.07. The van der Waals surface area contributed by atoms with Gasteiger partial charge < -0.3 is 9.47 Å². The summed E-state index contributed by atoms with van der Waals surface area (Å²) in [5.41, 5.74) is 2.66. The molecule has 148 valence electrons. The third-order valence-electron chi connectivity index (χ3n) is 4.84. The molecule has 4 rings (SSSR count). The van der Waals surface area contributed by atoms with E-state index in [1.54, 1.807) is 5.51 Å². The van der Waals surface area contributed by atoms with Gasteiger partial charge in [-0.2, -0.15) is 0 Å². The summed E-state index contributed by atoms with van der Waals surface area (Å²) in [5, 5.41) is 8.67. The van der Waals surface area contributed by atoms with Crippen molar-refractivity contribution < 1.29 is 18.3 Å². The van der Waals surface area contributed by atoms with Gasteiger partial charge in [0.15, 0.2) is 5.06 Å². The van der Waals surface area contributed by atoms with Crippen LogP contribution in [0.25, 0.3) is 0 Å². The van der Waals surface area contributed by atoms with Crippen molar-refractivity contribution in [2.45, 2.75) is 51.4 Å². The first-order valence-electron chi connectivity index (χ1n) is 9.14. The van der Waals surface area contributed by atoms with E-state index in [-0.39, 0.29) is 30.3 Å². The van der Waals surface area contributed by atoms with Gasteiger partial charge in [0.05, 0.1) is 17.7 Å². The first-order chi connectivity index (χ1) is 13.6. The number of hydrogen-bond donors (Lipinski definition) is 0. The third-order valence-corrected chi connectivity index (χ3v) is 5.66. The molecule has 0 unspecified atom stereocenters. The molecule has 9 heteroatoms. The van der Waals surface area contributed by atoms with Crippen molar-refractivity contribution in [1.82, 2.24) is 19.7 Å². The summed E-state index contributed by atoms with van der Waals surface area (Å²) in [4.78, 5) is 4.20. The highest BCUT2D eigenvalue weighted by atomic mass is 32.1. The fraction of sp³-hybridized carbons (Fsp3) is 0.421. The Morgan fingerprint density at radius 3 is 2.43 bits per heavy atom. The van der Waals surface area contributed by atoms with Crippen molar-refractivity contribution in [2.24, 2.45) is 0 Å². The maximum Gasteiger partial charge on any atom is 0.317 e. The molecule has 1 aliphatic carbocycles. The maximum absolute atomic E-state index is 13.9. The fourth-order valence-electron chi connectivity index (χ4n) is 3.27. The van der Waals surface area contributed by atoms with E-state index in [2.05, 4.69) is 15.2 Å². The molecule has 0 bridgehead atoms. The van der Waals surface area contributed by atoms with Crippen LogP contribution in [-0.4, -0.2) is 32.0 Å². The standard InChI is InChI=1S/C19H20F2N4O2S/c1-12-18(28-11-22-12)26-13-5-7-14(8-6-13)27-19-24-23-10-25(19)9-15-16(20)3-2-4-17(15)21/h2-4,10-11,13-14H,5-9H2,1H3. The highest BCUT2D eigenvalue weighted by molar-refractivity contribution is 7.11. The minimum Gasteiger partial charge on any atom is -0.479 e. The molecule has 0 saturated heterocycles. The molecule has 6 nitrogen and oxygen atoms in total. The Bertz CT molecular complexity index is 917. The number of aromatic nitrogens is 4. The van der Waals surface area contributed by atoms with E-state index < -0.39 is 11.6 Å². The molecule has 0 aliphatic heterocycles. The van der Waals surface area contributed by atoms with Gasteiger partial charge in [0, 0.05) is 5.56 Å². The number of hydrogen-bond acceptors (Lipinski definition) is 6. The Labute approximate surface area is 165 Å². The summed E-state index contributed by atoms with van der Waals surface area (Å²) >= 11 is 1.51. The lowest BCUT2D eigenvalue weighted by molar-refractivity contribution is 0.0740. The Morgan fingerprint density at radius 1 is 1.11 bits per heavy atom. The molecule has 1 aromatic carbocycles. The van der Waals surface area contributed by atoms with Gasteiger partial charge in [-0.3, -0.25) is 4.57 Å². The lowest BCUT2D eigenvalue weighted by atomic mass is 9.95. The van der Waals surface area contributed by atoms with Crippen LogP contribution >= 0.6 is 11.3 Å². The zero-order valence-corrected chi connectivity index (χ0v) is 16.2. The number of thiazole rings is 1. The van der Waals surface area contributed by atoms with Crippen LogP contribution in [0.2, 0.25) is 0 Å². The first-order valence-corrected chi connectivity index (χ1v) is 10.0. The van der Waals surface area contributed by atoms with E-state index in [0.717, 1.165) is 36.4 Å². The summed E-state index contributed by atoms with van der Waals surface area (Å²) in [6.45, 7) is 1.91. The molecule has 0 spiro atoms. The smallest absolute Gasteiger partial charge is 0.317 e. The maximum atomic E-state index is 13.9. The molecular formula is C19H20F2N4O2S. The minimum absolute atomic E-state index is 0.0239. The van der Waals surface area contributed by atoms with E-state index in [4.69, 9.17) is 9.47 Å². The monoisotopic (exact) mass is 406 g/mol. The molecule has 1 saturated carbocycles. The van der Waals surface area contributed by atoms with Gasteiger partial charge in [0.1, 0.15) is 30.2 Å². The summed E-state index contributed by atoms with van der Waals surface area (Å²) in [5.74, 6) is -1.20. The number of ether oxygens (including phenoxy) is 2. The SMILES string of the molecule is Cc1ncsc1OC1CCC(Oc2nncn2Cc2c(F)cccc2F)CC1. The largest absolute Gasteiger partial charge is 0.479 e. The molecule has 3 aromatic rings. The van der Waals surface area contributed by atoms with Crippen molar-refractivity contribution >= 4 is 11.3 Å². The molecule has 0 radical (unpaired) electrons. The highest BCUT2D eigenvalue weighted by Crippen LogP contribution is 2.30. The average molecular weight is 406 g/mol. The first kappa shape index (κ1) is 18.8. The molecule has 28 heavy (non-hydrogen) atoms. The normalized spacial score (nSPS) is 19.5. The predicted octanol–water partition coefficient (Wildman–Crippen LogP) is 4.14. The zero-order valence-electron chi connectivity index (χ0n) is 15.3.